The fraction of sp³-hybridized carbons (Fsp3) is 0. The van der Waals surface area contributed by atoms with E-state index in [0.717, 1.165) is 13.4 Å². The second kappa shape index (κ2) is 6.05. The van der Waals surface area contributed by atoms with Crippen LogP contribution in [0.4, 0.5) is 11.4 Å². The predicted molar refractivity (Wildman–Crippen MR) is 91.2 cm³/mol. The molecule has 8 heteroatoms. The van der Waals surface area contributed by atoms with Gasteiger partial charge in [0.2, 0.25) is 0 Å². The summed E-state index contributed by atoms with van der Waals surface area (Å²) in [6, 6.07) is 9.35. The van der Waals surface area contributed by atoms with Crippen molar-refractivity contribution in [3.63, 3.8) is 0 Å². The van der Waals surface area contributed by atoms with Crippen LogP contribution in [-0.2, 0) is 10.0 Å². The van der Waals surface area contributed by atoms with E-state index in [4.69, 9.17) is 5.73 Å². The van der Waals surface area contributed by atoms with E-state index in [0.29, 0.717) is 11.4 Å². The summed E-state index contributed by atoms with van der Waals surface area (Å²) in [7, 11) is -3.64. The lowest BCUT2D eigenvalue weighted by Gasteiger charge is -2.10. The number of hydrogen-bond donors (Lipinski definition) is 2. The fourth-order valence-electron chi connectivity index (χ4n) is 1.48. The van der Waals surface area contributed by atoms with Gasteiger partial charge in [-0.15, -0.1) is 0 Å². The van der Waals surface area contributed by atoms with Crippen LogP contribution >= 0.6 is 47.8 Å². The van der Waals surface area contributed by atoms with Crippen LogP contribution in [0, 0.1) is 0 Å². The molecule has 0 saturated carbocycles. The molecule has 2 rings (SSSR count). The smallest absolute Gasteiger partial charge is 0.261 e. The summed E-state index contributed by atoms with van der Waals surface area (Å²) in [5.74, 6) is 0. The third kappa shape index (κ3) is 3.55. The molecular weight excluding hydrogens is 476 g/mol. The molecule has 0 bridgehead atoms. The van der Waals surface area contributed by atoms with Gasteiger partial charge in [0.05, 0.1) is 10.6 Å². The van der Waals surface area contributed by atoms with Crippen molar-refractivity contribution in [1.29, 1.82) is 0 Å². The van der Waals surface area contributed by atoms with Gasteiger partial charge in [-0.25, -0.2) is 8.42 Å². The first kappa shape index (κ1) is 15.8. The summed E-state index contributed by atoms with van der Waals surface area (Å²) in [5, 5.41) is 0. The third-order valence-corrected chi connectivity index (χ3v) is 6.99. The minimum absolute atomic E-state index is 0.155. The molecule has 0 aliphatic heterocycles. The molecule has 0 fully saturated rings. The van der Waals surface area contributed by atoms with Crippen LogP contribution in [0.3, 0.4) is 0 Å². The van der Waals surface area contributed by atoms with Gasteiger partial charge < -0.3 is 5.73 Å². The normalized spacial score (nSPS) is 11.3. The maximum absolute atomic E-state index is 12.2. The van der Waals surface area contributed by atoms with E-state index in [1.54, 1.807) is 24.3 Å². The number of benzene rings is 2. The van der Waals surface area contributed by atoms with E-state index in [1.165, 1.54) is 12.1 Å². The minimum Gasteiger partial charge on any atom is -0.399 e. The summed E-state index contributed by atoms with van der Waals surface area (Å²) in [4.78, 5) is 0.155. The van der Waals surface area contributed by atoms with Gasteiger partial charge in [-0.2, -0.15) is 0 Å². The molecule has 2 aromatic carbocycles. The quantitative estimate of drug-likeness (QED) is 0.502. The van der Waals surface area contributed by atoms with Gasteiger partial charge in [0.15, 0.2) is 0 Å². The summed E-state index contributed by atoms with van der Waals surface area (Å²) in [6.45, 7) is 0. The summed E-state index contributed by atoms with van der Waals surface area (Å²) >= 11 is 10.0. The van der Waals surface area contributed by atoms with Crippen LogP contribution in [0.5, 0.6) is 0 Å². The van der Waals surface area contributed by atoms with Crippen LogP contribution in [0.2, 0.25) is 0 Å². The number of nitrogen functional groups attached to an aromatic ring is 1. The van der Waals surface area contributed by atoms with Crippen LogP contribution in [0.1, 0.15) is 0 Å². The molecule has 106 valence electrons. The Labute approximate surface area is 142 Å². The molecule has 0 heterocycles. The van der Waals surface area contributed by atoms with Crippen molar-refractivity contribution in [2.24, 2.45) is 0 Å². The van der Waals surface area contributed by atoms with E-state index in [9.17, 15) is 8.42 Å². The number of hydrogen-bond acceptors (Lipinski definition) is 3. The molecule has 0 radical (unpaired) electrons. The second-order valence-electron chi connectivity index (χ2n) is 3.93. The van der Waals surface area contributed by atoms with Gasteiger partial charge in [-0.05, 0) is 84.2 Å². The molecule has 0 aliphatic carbocycles. The Morgan fingerprint density at radius 1 is 0.950 bits per heavy atom. The highest BCUT2D eigenvalue weighted by Crippen LogP contribution is 2.34. The Hall–Kier alpha value is -0.570. The van der Waals surface area contributed by atoms with Gasteiger partial charge in [-0.1, -0.05) is 0 Å². The largest absolute Gasteiger partial charge is 0.399 e. The van der Waals surface area contributed by atoms with Gasteiger partial charge >= 0.3 is 0 Å². The number of rotatable bonds is 3. The lowest BCUT2D eigenvalue weighted by atomic mass is 10.3. The molecule has 4 nitrogen and oxygen atoms in total. The number of anilines is 2. The lowest BCUT2D eigenvalue weighted by molar-refractivity contribution is 0.601. The molecule has 0 unspecified atom stereocenters. The number of nitrogens with two attached hydrogens (primary N) is 1. The Morgan fingerprint density at radius 2 is 1.45 bits per heavy atom. The van der Waals surface area contributed by atoms with Gasteiger partial charge in [0, 0.05) is 19.1 Å². The highest BCUT2D eigenvalue weighted by atomic mass is 79.9. The number of sulfonamides is 1. The molecule has 0 aromatic heterocycles. The average Bonchev–Trinajstić information content (AvgIpc) is 2.36. The van der Waals surface area contributed by atoms with Crippen molar-refractivity contribution in [3.8, 4) is 0 Å². The predicted octanol–water partition coefficient (Wildman–Crippen LogP) is 4.36. The first-order valence-electron chi connectivity index (χ1n) is 5.32. The minimum atomic E-state index is -3.64. The van der Waals surface area contributed by atoms with Crippen molar-refractivity contribution in [1.82, 2.24) is 0 Å². The van der Waals surface area contributed by atoms with Crippen LogP contribution in [-0.4, -0.2) is 8.42 Å². The maximum atomic E-state index is 12.2. The van der Waals surface area contributed by atoms with Crippen molar-refractivity contribution in [3.05, 3.63) is 49.8 Å². The van der Waals surface area contributed by atoms with Gasteiger partial charge in [0.1, 0.15) is 0 Å². The summed E-state index contributed by atoms with van der Waals surface area (Å²) in [6.07, 6.45) is 0. The zero-order valence-corrected chi connectivity index (χ0v) is 15.5. The Balaban J connectivity index is 2.36. The molecule has 0 aliphatic rings. The molecular formula is C12H9Br3N2O2S. The van der Waals surface area contributed by atoms with E-state index < -0.39 is 10.0 Å². The van der Waals surface area contributed by atoms with Gasteiger partial charge in [-0.3, -0.25) is 4.72 Å². The highest BCUT2D eigenvalue weighted by Gasteiger charge is 2.15. The van der Waals surface area contributed by atoms with Crippen molar-refractivity contribution in [2.75, 3.05) is 10.5 Å². The SMILES string of the molecule is Nc1ccc(S(=O)(=O)Nc2cc(Br)c(Br)c(Br)c2)cc1. The lowest BCUT2D eigenvalue weighted by Crippen LogP contribution is -2.13. The molecule has 0 spiro atoms. The zero-order valence-electron chi connectivity index (χ0n) is 9.90. The molecule has 20 heavy (non-hydrogen) atoms. The summed E-state index contributed by atoms with van der Waals surface area (Å²) in [5.41, 5.74) is 6.51. The van der Waals surface area contributed by atoms with Crippen molar-refractivity contribution in [2.45, 2.75) is 4.90 Å². The summed E-state index contributed by atoms with van der Waals surface area (Å²) < 4.78 is 29.3. The molecule has 3 N–H and O–H groups in total. The van der Waals surface area contributed by atoms with Crippen molar-refractivity contribution >= 4 is 69.2 Å². The number of halogens is 3. The maximum Gasteiger partial charge on any atom is 0.261 e. The van der Waals surface area contributed by atoms with Crippen molar-refractivity contribution < 1.29 is 8.42 Å². The molecule has 0 atom stereocenters. The Kier molecular flexibility index (Phi) is 4.78. The van der Waals surface area contributed by atoms with E-state index in [-0.39, 0.29) is 4.90 Å². The monoisotopic (exact) mass is 482 g/mol. The average molecular weight is 485 g/mol. The van der Waals surface area contributed by atoms with E-state index in [1.807, 2.05) is 0 Å². The Bertz CT molecular complexity index is 723. The third-order valence-electron chi connectivity index (χ3n) is 2.43. The van der Waals surface area contributed by atoms with Gasteiger partial charge in [0.25, 0.3) is 10.0 Å². The zero-order chi connectivity index (χ0) is 14.9. The first-order chi connectivity index (χ1) is 9.29. The number of nitrogens with one attached hydrogen (secondary N) is 1. The second-order valence-corrected chi connectivity index (χ2v) is 8.11. The van der Waals surface area contributed by atoms with E-state index >= 15 is 0 Å². The standard InChI is InChI=1S/C12H9Br3N2O2S/c13-10-5-8(6-11(14)12(10)15)17-20(18,19)9-3-1-7(16)2-4-9/h1-6,17H,16H2. The van der Waals surface area contributed by atoms with Crippen LogP contribution in [0.25, 0.3) is 0 Å². The molecule has 0 amide bonds. The molecule has 2 aromatic rings. The molecule has 0 saturated heterocycles. The van der Waals surface area contributed by atoms with E-state index in [2.05, 4.69) is 52.5 Å². The van der Waals surface area contributed by atoms with Crippen LogP contribution in [0.15, 0.2) is 54.7 Å². The first-order valence-corrected chi connectivity index (χ1v) is 9.19. The highest BCUT2D eigenvalue weighted by molar-refractivity contribution is 9.14. The fourth-order valence-corrected chi connectivity index (χ4v) is 3.93. The Morgan fingerprint density at radius 3 is 1.95 bits per heavy atom. The van der Waals surface area contributed by atoms with Crippen LogP contribution < -0.4 is 10.5 Å². The topological polar surface area (TPSA) is 72.2 Å².